The monoisotopic (exact) mass is 180 g/mol. The lowest BCUT2D eigenvalue weighted by Gasteiger charge is -2.39. The molecule has 0 N–H and O–H groups in total. The van der Waals surface area contributed by atoms with Crippen LogP contribution in [0.4, 0.5) is 0 Å². The van der Waals surface area contributed by atoms with Gasteiger partial charge in [0.2, 0.25) is 0 Å². The van der Waals surface area contributed by atoms with Gasteiger partial charge >= 0.3 is 0 Å². The first-order valence-corrected chi connectivity index (χ1v) is 4.91. The zero-order chi connectivity index (χ0) is 10.3. The van der Waals surface area contributed by atoms with Crippen molar-refractivity contribution in [1.29, 1.82) is 5.26 Å². The van der Waals surface area contributed by atoms with E-state index in [-0.39, 0.29) is 10.8 Å². The molecule has 0 spiro atoms. The molecule has 0 radical (unpaired) electrons. The summed E-state index contributed by atoms with van der Waals surface area (Å²) < 4.78 is 0. The minimum absolute atomic E-state index is 0.0538. The van der Waals surface area contributed by atoms with Gasteiger partial charge in [-0.1, -0.05) is 20.8 Å². The molecule has 2 heteroatoms. The topological polar surface area (TPSA) is 27.0 Å². The fourth-order valence-corrected chi connectivity index (χ4v) is 2.68. The zero-order valence-electron chi connectivity index (χ0n) is 9.39. The molecule has 1 aliphatic carbocycles. The van der Waals surface area contributed by atoms with E-state index in [4.69, 9.17) is 5.26 Å². The van der Waals surface area contributed by atoms with Gasteiger partial charge in [0.15, 0.2) is 0 Å². The first-order valence-electron chi connectivity index (χ1n) is 4.91. The van der Waals surface area contributed by atoms with E-state index in [1.54, 1.807) is 0 Å². The molecule has 2 nitrogen and oxygen atoms in total. The van der Waals surface area contributed by atoms with Crippen LogP contribution in [0.1, 0.15) is 33.6 Å². The number of nitriles is 1. The largest absolute Gasteiger partial charge is 0.304 e. The quantitative estimate of drug-likeness (QED) is 0.652. The van der Waals surface area contributed by atoms with Crippen LogP contribution in [0.3, 0.4) is 0 Å². The van der Waals surface area contributed by atoms with E-state index in [9.17, 15) is 0 Å². The highest BCUT2D eigenvalue weighted by Crippen LogP contribution is 2.54. The Kier molecular flexibility index (Phi) is 2.42. The van der Waals surface area contributed by atoms with Crippen LogP contribution in [0.2, 0.25) is 0 Å². The molecule has 1 saturated carbocycles. The summed E-state index contributed by atoms with van der Waals surface area (Å²) in [6, 6.07) is 2.88. The molecule has 0 aromatic carbocycles. The maximum atomic E-state index is 9.16. The minimum atomic E-state index is -0.0538. The molecular formula is C11H20N2. The molecule has 0 heterocycles. The zero-order valence-corrected chi connectivity index (χ0v) is 9.39. The average Bonchev–Trinajstić information content (AvgIpc) is 2.65. The van der Waals surface area contributed by atoms with Crippen LogP contribution in [0.25, 0.3) is 0 Å². The fourth-order valence-electron chi connectivity index (χ4n) is 2.68. The Bertz CT molecular complexity index is 225. The molecule has 13 heavy (non-hydrogen) atoms. The summed E-state index contributed by atoms with van der Waals surface area (Å²) in [5.41, 5.74) is 0.136. The number of nitrogens with zero attached hydrogens (tertiary/aromatic N) is 2. The summed E-state index contributed by atoms with van der Waals surface area (Å²) in [6.07, 6.45) is 2.15. The number of rotatable bonds is 2. The maximum Gasteiger partial charge on any atom is 0.0735 e. The Morgan fingerprint density at radius 2 is 1.77 bits per heavy atom. The molecule has 0 aromatic heterocycles. The second-order valence-corrected chi connectivity index (χ2v) is 5.50. The van der Waals surface area contributed by atoms with E-state index in [1.165, 1.54) is 0 Å². The number of hydrogen-bond acceptors (Lipinski definition) is 2. The van der Waals surface area contributed by atoms with Gasteiger partial charge in [0, 0.05) is 6.04 Å². The first-order chi connectivity index (χ1) is 5.83. The van der Waals surface area contributed by atoms with Crippen molar-refractivity contribution in [3.63, 3.8) is 0 Å². The van der Waals surface area contributed by atoms with E-state index < -0.39 is 0 Å². The van der Waals surface area contributed by atoms with Crippen molar-refractivity contribution in [2.24, 2.45) is 10.8 Å². The lowest BCUT2D eigenvalue weighted by atomic mass is 9.77. The third-order valence-electron chi connectivity index (χ3n) is 2.87. The van der Waals surface area contributed by atoms with Crippen molar-refractivity contribution < 1.29 is 0 Å². The molecule has 1 aliphatic rings. The van der Waals surface area contributed by atoms with Crippen molar-refractivity contribution in [3.05, 3.63) is 0 Å². The van der Waals surface area contributed by atoms with Crippen LogP contribution < -0.4 is 0 Å². The van der Waals surface area contributed by atoms with Crippen molar-refractivity contribution in [2.45, 2.75) is 39.7 Å². The summed E-state index contributed by atoms with van der Waals surface area (Å²) in [7, 11) is 4.15. The molecule has 1 atom stereocenters. The van der Waals surface area contributed by atoms with Gasteiger partial charge in [0.25, 0.3) is 0 Å². The Labute approximate surface area is 81.5 Å². The van der Waals surface area contributed by atoms with E-state index >= 15 is 0 Å². The average molecular weight is 180 g/mol. The van der Waals surface area contributed by atoms with Crippen molar-refractivity contribution in [3.8, 4) is 6.07 Å². The lowest BCUT2D eigenvalue weighted by molar-refractivity contribution is 0.104. The van der Waals surface area contributed by atoms with Gasteiger partial charge in [-0.15, -0.1) is 0 Å². The molecule has 0 saturated heterocycles. The predicted molar refractivity (Wildman–Crippen MR) is 54.2 cm³/mol. The van der Waals surface area contributed by atoms with Gasteiger partial charge in [-0.2, -0.15) is 5.26 Å². The highest BCUT2D eigenvalue weighted by molar-refractivity contribution is 5.18. The van der Waals surface area contributed by atoms with E-state index in [2.05, 4.69) is 45.8 Å². The van der Waals surface area contributed by atoms with Gasteiger partial charge in [0.1, 0.15) is 0 Å². The summed E-state index contributed by atoms with van der Waals surface area (Å²) in [5, 5.41) is 9.16. The van der Waals surface area contributed by atoms with Crippen LogP contribution in [0.15, 0.2) is 0 Å². The standard InChI is InChI=1S/C11H20N2/c1-10(2,3)9(13(4)5)11(8-12)6-7-11/h9H,6-7H2,1-5H3. The molecule has 1 rings (SSSR count). The molecule has 0 aliphatic heterocycles. The lowest BCUT2D eigenvalue weighted by Crippen LogP contribution is -2.45. The Morgan fingerprint density at radius 3 is 1.85 bits per heavy atom. The molecule has 0 bridgehead atoms. The smallest absolute Gasteiger partial charge is 0.0735 e. The second-order valence-electron chi connectivity index (χ2n) is 5.50. The molecule has 1 unspecified atom stereocenters. The normalized spacial score (nSPS) is 22.5. The maximum absolute atomic E-state index is 9.16. The summed E-state index contributed by atoms with van der Waals surface area (Å²) in [4.78, 5) is 2.20. The van der Waals surface area contributed by atoms with Crippen LogP contribution in [0.5, 0.6) is 0 Å². The molecule has 0 aromatic rings. The second kappa shape index (κ2) is 2.99. The molecule has 0 amide bonds. The minimum Gasteiger partial charge on any atom is -0.304 e. The van der Waals surface area contributed by atoms with Crippen molar-refractivity contribution >= 4 is 0 Å². The van der Waals surface area contributed by atoms with Gasteiger partial charge in [0.05, 0.1) is 11.5 Å². The van der Waals surface area contributed by atoms with Crippen LogP contribution >= 0.6 is 0 Å². The van der Waals surface area contributed by atoms with Crippen LogP contribution in [-0.4, -0.2) is 25.0 Å². The van der Waals surface area contributed by atoms with E-state index in [1.807, 2.05) is 0 Å². The predicted octanol–water partition coefficient (Wildman–Crippen LogP) is 2.27. The SMILES string of the molecule is CN(C)C(C(C)(C)C)C1(C#N)CC1. The fraction of sp³-hybridized carbons (Fsp3) is 0.909. The van der Waals surface area contributed by atoms with Gasteiger partial charge in [-0.25, -0.2) is 0 Å². The summed E-state index contributed by atoms with van der Waals surface area (Å²) in [6.45, 7) is 6.65. The Morgan fingerprint density at radius 1 is 1.31 bits per heavy atom. The van der Waals surface area contributed by atoms with Crippen molar-refractivity contribution in [1.82, 2.24) is 4.90 Å². The van der Waals surface area contributed by atoms with Gasteiger partial charge in [-0.3, -0.25) is 0 Å². The number of hydrogen-bond donors (Lipinski definition) is 0. The molecular weight excluding hydrogens is 160 g/mol. The van der Waals surface area contributed by atoms with Crippen LogP contribution in [-0.2, 0) is 0 Å². The Hall–Kier alpha value is -0.550. The van der Waals surface area contributed by atoms with Gasteiger partial charge < -0.3 is 4.90 Å². The third-order valence-corrected chi connectivity index (χ3v) is 2.87. The third kappa shape index (κ3) is 1.86. The summed E-state index contributed by atoms with van der Waals surface area (Å²) >= 11 is 0. The highest BCUT2D eigenvalue weighted by Gasteiger charge is 2.54. The van der Waals surface area contributed by atoms with Crippen LogP contribution in [0, 0.1) is 22.2 Å². The van der Waals surface area contributed by atoms with Gasteiger partial charge in [-0.05, 0) is 32.4 Å². The van der Waals surface area contributed by atoms with Crippen molar-refractivity contribution in [2.75, 3.05) is 14.1 Å². The van der Waals surface area contributed by atoms with E-state index in [0.717, 1.165) is 12.8 Å². The molecule has 74 valence electrons. The first kappa shape index (κ1) is 10.5. The molecule has 1 fully saturated rings. The summed E-state index contributed by atoms with van der Waals surface area (Å²) in [5.74, 6) is 0. The highest BCUT2D eigenvalue weighted by atomic mass is 15.1. The van der Waals surface area contributed by atoms with E-state index in [0.29, 0.717) is 6.04 Å². The Balaban J connectivity index is 2.89.